The summed E-state index contributed by atoms with van der Waals surface area (Å²) < 4.78 is 7.18. The molecule has 0 saturated heterocycles. The van der Waals surface area contributed by atoms with E-state index in [4.69, 9.17) is 4.74 Å². The maximum Gasteiger partial charge on any atom is 0.123 e. The predicted octanol–water partition coefficient (Wildman–Crippen LogP) is 2.28. The van der Waals surface area contributed by atoms with Crippen molar-refractivity contribution < 1.29 is 4.74 Å². The highest BCUT2D eigenvalue weighted by Gasteiger charge is 2.10. The Morgan fingerprint density at radius 3 is 2.83 bits per heavy atom. The van der Waals surface area contributed by atoms with Gasteiger partial charge in [0.15, 0.2) is 0 Å². The molecule has 1 aromatic carbocycles. The first-order chi connectivity index (χ1) is 8.70. The summed E-state index contributed by atoms with van der Waals surface area (Å²) in [5.41, 5.74) is 2.35. The molecule has 1 N–H and O–H groups in total. The third-order valence-electron chi connectivity index (χ3n) is 2.98. The van der Waals surface area contributed by atoms with Gasteiger partial charge in [0.25, 0.3) is 0 Å². The summed E-state index contributed by atoms with van der Waals surface area (Å²) in [7, 11) is 3.62. The molecule has 0 bridgehead atoms. The van der Waals surface area contributed by atoms with Crippen LogP contribution >= 0.6 is 0 Å². The SMILES string of the molecule is COc1ccccc1[C@H](C)NCc1cnn(C)c1. The van der Waals surface area contributed by atoms with E-state index >= 15 is 0 Å². The molecule has 1 heterocycles. The van der Waals surface area contributed by atoms with Gasteiger partial charge < -0.3 is 10.1 Å². The van der Waals surface area contributed by atoms with Gasteiger partial charge in [-0.05, 0) is 13.0 Å². The van der Waals surface area contributed by atoms with Gasteiger partial charge >= 0.3 is 0 Å². The van der Waals surface area contributed by atoms with E-state index in [0.29, 0.717) is 0 Å². The summed E-state index contributed by atoms with van der Waals surface area (Å²) in [4.78, 5) is 0. The first kappa shape index (κ1) is 12.6. The van der Waals surface area contributed by atoms with E-state index < -0.39 is 0 Å². The molecule has 1 aromatic heterocycles. The summed E-state index contributed by atoms with van der Waals surface area (Å²) in [5, 5.41) is 7.62. The normalized spacial score (nSPS) is 12.4. The number of aromatic nitrogens is 2. The highest BCUT2D eigenvalue weighted by Crippen LogP contribution is 2.24. The van der Waals surface area contributed by atoms with E-state index in [9.17, 15) is 0 Å². The molecule has 4 heteroatoms. The highest BCUT2D eigenvalue weighted by molar-refractivity contribution is 5.35. The molecule has 96 valence electrons. The van der Waals surface area contributed by atoms with Crippen LogP contribution in [0.2, 0.25) is 0 Å². The van der Waals surface area contributed by atoms with Crippen LogP contribution in [0.15, 0.2) is 36.7 Å². The Labute approximate surface area is 108 Å². The molecular weight excluding hydrogens is 226 g/mol. The minimum Gasteiger partial charge on any atom is -0.496 e. The third-order valence-corrected chi connectivity index (χ3v) is 2.98. The van der Waals surface area contributed by atoms with Crippen molar-refractivity contribution in [2.75, 3.05) is 7.11 Å². The number of benzene rings is 1. The van der Waals surface area contributed by atoms with Crippen LogP contribution in [0.3, 0.4) is 0 Å². The van der Waals surface area contributed by atoms with E-state index in [1.807, 2.05) is 42.3 Å². The predicted molar refractivity (Wildman–Crippen MR) is 71.5 cm³/mol. The molecule has 0 unspecified atom stereocenters. The van der Waals surface area contributed by atoms with Gasteiger partial charge in [-0.15, -0.1) is 0 Å². The van der Waals surface area contributed by atoms with Crippen molar-refractivity contribution in [3.8, 4) is 5.75 Å². The van der Waals surface area contributed by atoms with Gasteiger partial charge in [-0.1, -0.05) is 18.2 Å². The van der Waals surface area contributed by atoms with Gasteiger partial charge in [-0.2, -0.15) is 5.10 Å². The lowest BCUT2D eigenvalue weighted by Gasteiger charge is -2.16. The van der Waals surface area contributed by atoms with Gasteiger partial charge in [-0.3, -0.25) is 4.68 Å². The molecule has 0 fully saturated rings. The van der Waals surface area contributed by atoms with Crippen LogP contribution in [0.1, 0.15) is 24.1 Å². The van der Waals surface area contributed by atoms with Crippen LogP contribution in [0.25, 0.3) is 0 Å². The average molecular weight is 245 g/mol. The number of hydrogen-bond donors (Lipinski definition) is 1. The van der Waals surface area contributed by atoms with E-state index in [2.05, 4.69) is 23.4 Å². The summed E-state index contributed by atoms with van der Waals surface area (Å²) >= 11 is 0. The van der Waals surface area contributed by atoms with Gasteiger partial charge in [0, 0.05) is 37.0 Å². The standard InChI is InChI=1S/C14H19N3O/c1-11(13-6-4-5-7-14(13)18-3)15-8-12-9-16-17(2)10-12/h4-7,9-11,15H,8H2,1-3H3/t11-/m0/s1. The molecule has 0 saturated carbocycles. The second-order valence-electron chi connectivity index (χ2n) is 4.37. The summed E-state index contributed by atoms with van der Waals surface area (Å²) in [6, 6.07) is 8.31. The van der Waals surface area contributed by atoms with E-state index in [1.54, 1.807) is 7.11 Å². The molecule has 0 amide bonds. The van der Waals surface area contributed by atoms with Crippen molar-refractivity contribution in [1.29, 1.82) is 0 Å². The molecule has 1 atom stereocenters. The topological polar surface area (TPSA) is 39.1 Å². The zero-order valence-electron chi connectivity index (χ0n) is 11.1. The van der Waals surface area contributed by atoms with E-state index in [1.165, 1.54) is 11.1 Å². The lowest BCUT2D eigenvalue weighted by molar-refractivity contribution is 0.401. The van der Waals surface area contributed by atoms with Crippen LogP contribution in [-0.4, -0.2) is 16.9 Å². The minimum absolute atomic E-state index is 0.237. The third kappa shape index (κ3) is 2.90. The molecule has 0 radical (unpaired) electrons. The van der Waals surface area contributed by atoms with Crippen LogP contribution in [0.4, 0.5) is 0 Å². The summed E-state index contributed by atoms with van der Waals surface area (Å²) in [6.45, 7) is 2.93. The maximum absolute atomic E-state index is 5.37. The summed E-state index contributed by atoms with van der Waals surface area (Å²) in [6.07, 6.45) is 3.89. The van der Waals surface area contributed by atoms with E-state index in [0.717, 1.165) is 12.3 Å². The average Bonchev–Trinajstić information content (AvgIpc) is 2.81. The first-order valence-corrected chi connectivity index (χ1v) is 6.04. The number of nitrogens with one attached hydrogen (secondary N) is 1. The number of para-hydroxylation sites is 1. The number of methoxy groups -OCH3 is 1. The smallest absolute Gasteiger partial charge is 0.123 e. The lowest BCUT2D eigenvalue weighted by atomic mass is 10.1. The zero-order chi connectivity index (χ0) is 13.0. The van der Waals surface area contributed by atoms with E-state index in [-0.39, 0.29) is 6.04 Å². The second-order valence-corrected chi connectivity index (χ2v) is 4.37. The fourth-order valence-corrected chi connectivity index (χ4v) is 1.97. The largest absolute Gasteiger partial charge is 0.496 e. The van der Waals surface area contributed by atoms with Gasteiger partial charge in [-0.25, -0.2) is 0 Å². The Bertz CT molecular complexity index is 507. The fraction of sp³-hybridized carbons (Fsp3) is 0.357. The molecule has 0 aliphatic heterocycles. The molecule has 2 aromatic rings. The first-order valence-electron chi connectivity index (χ1n) is 6.04. The Balaban J connectivity index is 2.01. The second kappa shape index (κ2) is 5.69. The lowest BCUT2D eigenvalue weighted by Crippen LogP contribution is -2.18. The van der Waals surface area contributed by atoms with Gasteiger partial charge in [0.05, 0.1) is 13.3 Å². The van der Waals surface area contributed by atoms with Crippen LogP contribution in [-0.2, 0) is 13.6 Å². The fourth-order valence-electron chi connectivity index (χ4n) is 1.97. The summed E-state index contributed by atoms with van der Waals surface area (Å²) in [5.74, 6) is 0.920. The Morgan fingerprint density at radius 1 is 1.39 bits per heavy atom. The highest BCUT2D eigenvalue weighted by atomic mass is 16.5. The van der Waals surface area contributed by atoms with Gasteiger partial charge in [0.2, 0.25) is 0 Å². The van der Waals surface area contributed by atoms with Crippen molar-refractivity contribution in [1.82, 2.24) is 15.1 Å². The molecule has 0 aliphatic rings. The van der Waals surface area contributed by atoms with Crippen LogP contribution in [0.5, 0.6) is 5.75 Å². The monoisotopic (exact) mass is 245 g/mol. The minimum atomic E-state index is 0.237. The van der Waals surface area contributed by atoms with Crippen molar-refractivity contribution >= 4 is 0 Å². The van der Waals surface area contributed by atoms with Crippen molar-refractivity contribution in [2.24, 2.45) is 7.05 Å². The number of aryl methyl sites for hydroxylation is 1. The molecule has 2 rings (SSSR count). The molecule has 4 nitrogen and oxygen atoms in total. The Morgan fingerprint density at radius 2 is 2.17 bits per heavy atom. The maximum atomic E-state index is 5.37. The molecule has 18 heavy (non-hydrogen) atoms. The number of nitrogens with zero attached hydrogens (tertiary/aromatic N) is 2. The quantitative estimate of drug-likeness (QED) is 0.878. The van der Waals surface area contributed by atoms with Crippen molar-refractivity contribution in [2.45, 2.75) is 19.5 Å². The van der Waals surface area contributed by atoms with Crippen molar-refractivity contribution in [3.05, 3.63) is 47.8 Å². The molecular formula is C14H19N3O. The molecule has 0 aliphatic carbocycles. The number of hydrogen-bond acceptors (Lipinski definition) is 3. The molecule has 0 spiro atoms. The Hall–Kier alpha value is -1.81. The van der Waals surface area contributed by atoms with Crippen LogP contribution in [0, 0.1) is 0 Å². The van der Waals surface area contributed by atoms with Crippen LogP contribution < -0.4 is 10.1 Å². The number of rotatable bonds is 5. The number of ether oxygens (including phenoxy) is 1. The zero-order valence-corrected chi connectivity index (χ0v) is 11.1. The Kier molecular flexibility index (Phi) is 3.99. The van der Waals surface area contributed by atoms with Gasteiger partial charge in [0.1, 0.15) is 5.75 Å². The van der Waals surface area contributed by atoms with Crippen molar-refractivity contribution in [3.63, 3.8) is 0 Å².